The van der Waals surface area contributed by atoms with Crippen LogP contribution in [-0.2, 0) is 16.6 Å². The van der Waals surface area contributed by atoms with E-state index in [1.54, 1.807) is 26.1 Å². The number of hydrogen-bond donors (Lipinski definition) is 2. The summed E-state index contributed by atoms with van der Waals surface area (Å²) in [6.07, 6.45) is 1.79. The summed E-state index contributed by atoms with van der Waals surface area (Å²) in [5, 5.41) is 6.11. The van der Waals surface area contributed by atoms with Gasteiger partial charge >= 0.3 is 6.61 Å². The molecule has 0 fully saturated rings. The largest absolute Gasteiger partial charge is 0.434 e. The lowest BCUT2D eigenvalue weighted by molar-refractivity contribution is -0.0504. The summed E-state index contributed by atoms with van der Waals surface area (Å²) in [5.74, 6) is 0.604. The van der Waals surface area contributed by atoms with Crippen molar-refractivity contribution in [1.29, 1.82) is 0 Å². The van der Waals surface area contributed by atoms with Gasteiger partial charge < -0.3 is 15.4 Å². The van der Waals surface area contributed by atoms with E-state index in [9.17, 15) is 17.2 Å². The van der Waals surface area contributed by atoms with E-state index in [0.29, 0.717) is 37.6 Å². The van der Waals surface area contributed by atoms with Gasteiger partial charge in [0.1, 0.15) is 5.75 Å². The van der Waals surface area contributed by atoms with Gasteiger partial charge in [-0.05, 0) is 19.4 Å². The molecule has 0 saturated heterocycles. The van der Waals surface area contributed by atoms with Gasteiger partial charge in [-0.1, -0.05) is 24.6 Å². The van der Waals surface area contributed by atoms with Crippen molar-refractivity contribution in [3.8, 4) is 5.75 Å². The quantitative estimate of drug-likeness (QED) is 0.352. The molecule has 1 aromatic rings. The summed E-state index contributed by atoms with van der Waals surface area (Å²) >= 11 is 0. The first-order valence-corrected chi connectivity index (χ1v) is 10.5. The second kappa shape index (κ2) is 11.0. The fourth-order valence-corrected chi connectivity index (χ4v) is 3.41. The Hall–Kier alpha value is -1.94. The van der Waals surface area contributed by atoms with Crippen molar-refractivity contribution in [3.05, 3.63) is 29.3 Å². The first kappa shape index (κ1) is 23.1. The van der Waals surface area contributed by atoms with Crippen molar-refractivity contribution in [1.82, 2.24) is 14.9 Å². The zero-order valence-corrected chi connectivity index (χ0v) is 16.9. The highest BCUT2D eigenvalue weighted by Gasteiger charge is 2.13. The molecule has 154 valence electrons. The zero-order chi connectivity index (χ0) is 20.4. The Balaban J connectivity index is 2.55. The Kier molecular flexibility index (Phi) is 9.44. The summed E-state index contributed by atoms with van der Waals surface area (Å²) < 4.78 is 54.1. The number of aliphatic imine (C=N–C) groups is 1. The number of guanidine groups is 1. The molecule has 0 aromatic heterocycles. The fraction of sp³-hybridized carbons (Fsp3) is 0.588. The average Bonchev–Trinajstić information content (AvgIpc) is 2.58. The van der Waals surface area contributed by atoms with Crippen LogP contribution < -0.4 is 15.4 Å². The number of halogens is 2. The predicted molar refractivity (Wildman–Crippen MR) is 103 cm³/mol. The highest BCUT2D eigenvalue weighted by atomic mass is 32.2. The lowest BCUT2D eigenvalue weighted by Gasteiger charge is -2.18. The normalized spacial score (nSPS) is 12.5. The first-order chi connectivity index (χ1) is 12.7. The highest BCUT2D eigenvalue weighted by molar-refractivity contribution is 7.88. The number of ether oxygens (including phenoxy) is 1. The molecule has 0 atom stereocenters. The first-order valence-electron chi connectivity index (χ1n) is 8.61. The maximum absolute atomic E-state index is 12.5. The lowest BCUT2D eigenvalue weighted by Crippen LogP contribution is -2.39. The van der Waals surface area contributed by atoms with Crippen LogP contribution in [0.1, 0.15) is 24.5 Å². The zero-order valence-electron chi connectivity index (χ0n) is 16.1. The number of hydrogen-bond acceptors (Lipinski definition) is 4. The molecule has 0 saturated carbocycles. The number of benzene rings is 1. The van der Waals surface area contributed by atoms with Crippen molar-refractivity contribution >= 4 is 16.0 Å². The number of rotatable bonds is 10. The van der Waals surface area contributed by atoms with E-state index in [-0.39, 0.29) is 12.3 Å². The van der Waals surface area contributed by atoms with Crippen LogP contribution in [0.25, 0.3) is 0 Å². The molecule has 1 aromatic carbocycles. The molecule has 0 spiro atoms. The predicted octanol–water partition coefficient (Wildman–Crippen LogP) is 1.93. The number of nitrogens with zero attached hydrogens (tertiary/aromatic N) is 2. The van der Waals surface area contributed by atoms with Crippen molar-refractivity contribution < 1.29 is 21.9 Å². The van der Waals surface area contributed by atoms with E-state index in [4.69, 9.17) is 0 Å². The van der Waals surface area contributed by atoms with Gasteiger partial charge in [-0.25, -0.2) is 12.7 Å². The Labute approximate surface area is 159 Å². The summed E-state index contributed by atoms with van der Waals surface area (Å²) in [6, 6.07) is 4.98. The number of nitrogens with one attached hydrogen (secondary N) is 2. The molecule has 0 heterocycles. The van der Waals surface area contributed by atoms with Crippen LogP contribution in [-0.4, -0.2) is 58.2 Å². The minimum Gasteiger partial charge on any atom is -0.434 e. The molecule has 0 amide bonds. The van der Waals surface area contributed by atoms with E-state index in [2.05, 4.69) is 20.4 Å². The fourth-order valence-electron chi connectivity index (χ4n) is 2.48. The molecule has 27 heavy (non-hydrogen) atoms. The Morgan fingerprint density at radius 1 is 1.33 bits per heavy atom. The number of alkyl halides is 2. The topological polar surface area (TPSA) is 83.0 Å². The highest BCUT2D eigenvalue weighted by Crippen LogP contribution is 2.21. The molecule has 2 N–H and O–H groups in total. The Bertz CT molecular complexity index is 727. The molecular formula is C17H28F2N4O3S. The van der Waals surface area contributed by atoms with Crippen LogP contribution in [0.2, 0.25) is 0 Å². The standard InChI is InChI=1S/C17H28F2N4O3S/c1-5-23(27(4,24)25)10-6-9-21-17(20-3)22-12-14-11-13(2)7-8-15(14)26-16(18)19/h7-8,11,16H,5-6,9-10,12H2,1-4H3,(H2,20,21,22). The van der Waals surface area contributed by atoms with Gasteiger partial charge in [-0.15, -0.1) is 0 Å². The molecule has 0 unspecified atom stereocenters. The summed E-state index contributed by atoms with van der Waals surface area (Å²) in [5.41, 5.74) is 1.52. The van der Waals surface area contributed by atoms with Crippen molar-refractivity contribution in [2.24, 2.45) is 4.99 Å². The smallest absolute Gasteiger partial charge is 0.387 e. The SMILES string of the molecule is CCN(CCCNC(=NC)NCc1cc(C)ccc1OC(F)F)S(C)(=O)=O. The molecule has 7 nitrogen and oxygen atoms in total. The van der Waals surface area contributed by atoms with Crippen molar-refractivity contribution in [2.75, 3.05) is 32.9 Å². The minimum atomic E-state index is -3.20. The second-order valence-electron chi connectivity index (χ2n) is 5.95. The maximum atomic E-state index is 12.5. The van der Waals surface area contributed by atoms with Gasteiger partial charge in [-0.3, -0.25) is 4.99 Å². The van der Waals surface area contributed by atoms with Gasteiger partial charge in [0.05, 0.1) is 6.26 Å². The van der Waals surface area contributed by atoms with Gasteiger partial charge in [0.2, 0.25) is 10.0 Å². The molecule has 0 aliphatic heterocycles. The van der Waals surface area contributed by atoms with E-state index < -0.39 is 16.6 Å². The van der Waals surface area contributed by atoms with Crippen LogP contribution in [0.15, 0.2) is 23.2 Å². The molecule has 1 rings (SSSR count). The lowest BCUT2D eigenvalue weighted by atomic mass is 10.1. The Morgan fingerprint density at radius 3 is 2.59 bits per heavy atom. The monoisotopic (exact) mass is 406 g/mol. The van der Waals surface area contributed by atoms with Crippen LogP contribution in [0.3, 0.4) is 0 Å². The van der Waals surface area contributed by atoms with E-state index in [1.165, 1.54) is 16.6 Å². The van der Waals surface area contributed by atoms with Crippen molar-refractivity contribution in [2.45, 2.75) is 33.4 Å². The molecule has 0 radical (unpaired) electrons. The van der Waals surface area contributed by atoms with Crippen LogP contribution >= 0.6 is 0 Å². The van der Waals surface area contributed by atoms with Gasteiger partial charge in [0.15, 0.2) is 5.96 Å². The second-order valence-corrected chi connectivity index (χ2v) is 7.93. The molecule has 0 aliphatic rings. The van der Waals surface area contributed by atoms with Gasteiger partial charge in [0, 0.05) is 38.8 Å². The van der Waals surface area contributed by atoms with E-state index in [1.807, 2.05) is 6.92 Å². The number of sulfonamides is 1. The summed E-state index contributed by atoms with van der Waals surface area (Å²) in [6.45, 7) is 2.36. The average molecular weight is 406 g/mol. The summed E-state index contributed by atoms with van der Waals surface area (Å²) in [7, 11) is -1.61. The van der Waals surface area contributed by atoms with E-state index in [0.717, 1.165) is 5.56 Å². The van der Waals surface area contributed by atoms with Crippen LogP contribution in [0.5, 0.6) is 5.75 Å². The van der Waals surface area contributed by atoms with Gasteiger partial charge in [-0.2, -0.15) is 8.78 Å². The van der Waals surface area contributed by atoms with E-state index >= 15 is 0 Å². The summed E-state index contributed by atoms with van der Waals surface area (Å²) in [4.78, 5) is 4.08. The van der Waals surface area contributed by atoms with Crippen LogP contribution in [0.4, 0.5) is 8.78 Å². The molecule has 0 bridgehead atoms. The third-order valence-electron chi connectivity index (χ3n) is 3.80. The third-order valence-corrected chi connectivity index (χ3v) is 5.18. The maximum Gasteiger partial charge on any atom is 0.387 e. The third kappa shape index (κ3) is 8.53. The number of aryl methyl sites for hydroxylation is 1. The molecular weight excluding hydrogens is 378 g/mol. The molecule has 10 heteroatoms. The van der Waals surface area contributed by atoms with Crippen LogP contribution in [0, 0.1) is 6.92 Å². The molecule has 0 aliphatic carbocycles. The Morgan fingerprint density at radius 2 is 2.04 bits per heavy atom. The van der Waals surface area contributed by atoms with Crippen molar-refractivity contribution in [3.63, 3.8) is 0 Å². The minimum absolute atomic E-state index is 0.116. The van der Waals surface area contributed by atoms with Gasteiger partial charge in [0.25, 0.3) is 0 Å².